The summed E-state index contributed by atoms with van der Waals surface area (Å²) < 4.78 is 1.37. The average molecular weight is 193 g/mol. The van der Waals surface area contributed by atoms with Crippen LogP contribution in [0.1, 0.15) is 0 Å². The molecule has 0 unspecified atom stereocenters. The van der Waals surface area contributed by atoms with Gasteiger partial charge < -0.3 is 0 Å². The Labute approximate surface area is 80.2 Å². The molecule has 1 aromatic carbocycles. The van der Waals surface area contributed by atoms with Crippen LogP contribution in [0.2, 0.25) is 0 Å². The SMILES string of the molecule is N=C=S.c1ccc2sccc2c1. The summed E-state index contributed by atoms with van der Waals surface area (Å²) in [6.45, 7) is 0. The van der Waals surface area contributed by atoms with E-state index >= 15 is 0 Å². The normalized spacial score (nSPS) is 8.33. The van der Waals surface area contributed by atoms with Crippen LogP contribution in [0.4, 0.5) is 0 Å². The number of hydrogen-bond donors (Lipinski definition) is 1. The topological polar surface area (TPSA) is 23.9 Å². The molecule has 1 aromatic heterocycles. The monoisotopic (exact) mass is 193 g/mol. The van der Waals surface area contributed by atoms with E-state index in [0.29, 0.717) is 0 Å². The lowest BCUT2D eigenvalue weighted by molar-refractivity contribution is 1.61. The maximum Gasteiger partial charge on any atom is 0.0554 e. The van der Waals surface area contributed by atoms with Crippen molar-refractivity contribution in [3.05, 3.63) is 35.7 Å². The first-order valence-corrected chi connectivity index (χ1v) is 4.63. The second-order valence-corrected chi connectivity index (χ2v) is 3.21. The molecule has 1 heterocycles. The number of isothiocyanates is 1. The van der Waals surface area contributed by atoms with Crippen molar-refractivity contribution < 1.29 is 0 Å². The molecule has 3 heteroatoms. The third kappa shape index (κ3) is 2.24. The summed E-state index contributed by atoms with van der Waals surface area (Å²) in [5.41, 5.74) is 0. The minimum Gasteiger partial charge on any atom is -0.248 e. The largest absolute Gasteiger partial charge is 0.248 e. The number of benzene rings is 1. The van der Waals surface area contributed by atoms with Gasteiger partial charge in [0, 0.05) is 4.70 Å². The van der Waals surface area contributed by atoms with Gasteiger partial charge in [-0.3, -0.25) is 0 Å². The Kier molecular flexibility index (Phi) is 3.61. The predicted molar refractivity (Wildman–Crippen MR) is 57.1 cm³/mol. The quantitative estimate of drug-likeness (QED) is 0.502. The molecular weight excluding hydrogens is 186 g/mol. The van der Waals surface area contributed by atoms with Gasteiger partial charge in [-0.2, -0.15) is 0 Å². The van der Waals surface area contributed by atoms with E-state index in [1.54, 1.807) is 16.5 Å². The molecule has 1 nitrogen and oxygen atoms in total. The first kappa shape index (κ1) is 9.07. The van der Waals surface area contributed by atoms with E-state index < -0.39 is 0 Å². The van der Waals surface area contributed by atoms with Crippen LogP contribution >= 0.6 is 23.6 Å². The zero-order chi connectivity index (χ0) is 8.81. The van der Waals surface area contributed by atoms with Crippen LogP contribution in [-0.4, -0.2) is 5.16 Å². The third-order valence-corrected chi connectivity index (χ3v) is 2.26. The predicted octanol–water partition coefficient (Wildman–Crippen LogP) is 3.57. The van der Waals surface area contributed by atoms with Crippen LogP contribution in [0.3, 0.4) is 0 Å². The van der Waals surface area contributed by atoms with Crippen molar-refractivity contribution >= 4 is 38.8 Å². The highest BCUT2D eigenvalue weighted by Gasteiger charge is 1.87. The van der Waals surface area contributed by atoms with Crippen LogP contribution in [0, 0.1) is 5.41 Å². The summed E-state index contributed by atoms with van der Waals surface area (Å²) >= 11 is 5.60. The van der Waals surface area contributed by atoms with Crippen LogP contribution in [0.25, 0.3) is 10.1 Å². The van der Waals surface area contributed by atoms with Crippen molar-refractivity contribution in [1.82, 2.24) is 0 Å². The number of rotatable bonds is 0. The summed E-state index contributed by atoms with van der Waals surface area (Å²) in [5, 5.41) is 10.8. The molecule has 2 aromatic rings. The molecule has 0 spiro atoms. The third-order valence-electron chi connectivity index (χ3n) is 1.36. The fraction of sp³-hybridized carbons (Fsp3) is 0. The minimum atomic E-state index is 1.35. The molecule has 0 aliphatic rings. The molecule has 2 rings (SSSR count). The zero-order valence-electron chi connectivity index (χ0n) is 6.28. The molecule has 0 bridgehead atoms. The van der Waals surface area contributed by atoms with Crippen LogP contribution < -0.4 is 0 Å². The standard InChI is InChI=1S/C8H6S.CHNS/c1-2-4-8-7(3-1)5-6-9-8;2-1-3/h1-6H;2H. The second kappa shape index (κ2) is 4.78. The first-order chi connectivity index (χ1) is 5.88. The lowest BCUT2D eigenvalue weighted by atomic mass is 10.3. The van der Waals surface area contributed by atoms with E-state index in [9.17, 15) is 0 Å². The molecule has 0 saturated carbocycles. The number of fused-ring (bicyclic) bond motifs is 1. The van der Waals surface area contributed by atoms with Gasteiger partial charge in [-0.05, 0) is 35.1 Å². The van der Waals surface area contributed by atoms with Gasteiger partial charge >= 0.3 is 0 Å². The molecule has 0 aliphatic heterocycles. The Morgan fingerprint density at radius 3 is 2.58 bits per heavy atom. The maximum absolute atomic E-state index is 5.77. The van der Waals surface area contributed by atoms with Gasteiger partial charge in [0.1, 0.15) is 0 Å². The molecule has 0 radical (unpaired) electrons. The van der Waals surface area contributed by atoms with Crippen LogP contribution in [0.5, 0.6) is 0 Å². The van der Waals surface area contributed by atoms with Gasteiger partial charge in [-0.15, -0.1) is 11.3 Å². The summed E-state index contributed by atoms with van der Waals surface area (Å²) in [4.78, 5) is 0. The van der Waals surface area contributed by atoms with E-state index in [0.717, 1.165) is 0 Å². The fourth-order valence-corrected chi connectivity index (χ4v) is 1.70. The Balaban J connectivity index is 0.000000213. The van der Waals surface area contributed by atoms with E-state index in [2.05, 4.69) is 47.9 Å². The van der Waals surface area contributed by atoms with Crippen LogP contribution in [-0.2, 0) is 0 Å². The lowest BCUT2D eigenvalue weighted by Crippen LogP contribution is -1.56. The van der Waals surface area contributed by atoms with Crippen molar-refractivity contribution in [1.29, 1.82) is 5.41 Å². The Morgan fingerprint density at radius 1 is 1.25 bits per heavy atom. The molecule has 0 aliphatic carbocycles. The first-order valence-electron chi connectivity index (χ1n) is 3.34. The van der Waals surface area contributed by atoms with Gasteiger partial charge in [0.25, 0.3) is 0 Å². The minimum absolute atomic E-state index is 1.35. The number of thiophene rings is 1. The molecular formula is C9H7NS2. The number of hydrogen-bond acceptors (Lipinski definition) is 3. The van der Waals surface area contributed by atoms with E-state index in [1.807, 2.05) is 0 Å². The highest BCUT2D eigenvalue weighted by molar-refractivity contribution is 7.78. The lowest BCUT2D eigenvalue weighted by Gasteiger charge is -1.82. The Hall–Kier alpha value is -1.02. The highest BCUT2D eigenvalue weighted by atomic mass is 32.1. The molecule has 12 heavy (non-hydrogen) atoms. The Morgan fingerprint density at radius 2 is 1.92 bits per heavy atom. The smallest absolute Gasteiger partial charge is 0.0554 e. The van der Waals surface area contributed by atoms with Crippen molar-refractivity contribution in [3.8, 4) is 0 Å². The van der Waals surface area contributed by atoms with Crippen LogP contribution in [0.15, 0.2) is 35.7 Å². The Bertz CT molecular complexity index is 356. The van der Waals surface area contributed by atoms with Crippen molar-refractivity contribution in [2.45, 2.75) is 0 Å². The van der Waals surface area contributed by atoms with Crippen molar-refractivity contribution in [2.75, 3.05) is 0 Å². The van der Waals surface area contributed by atoms with E-state index in [-0.39, 0.29) is 0 Å². The zero-order valence-corrected chi connectivity index (χ0v) is 7.91. The highest BCUT2D eigenvalue weighted by Crippen LogP contribution is 2.18. The average Bonchev–Trinajstić information content (AvgIpc) is 2.52. The number of nitrogens with one attached hydrogen (secondary N) is 1. The molecule has 1 N–H and O–H groups in total. The van der Waals surface area contributed by atoms with Gasteiger partial charge in [0.15, 0.2) is 0 Å². The van der Waals surface area contributed by atoms with Gasteiger partial charge in [-0.1, -0.05) is 18.2 Å². The van der Waals surface area contributed by atoms with Crippen molar-refractivity contribution in [2.24, 2.45) is 0 Å². The molecule has 0 saturated heterocycles. The molecule has 0 atom stereocenters. The summed E-state index contributed by atoms with van der Waals surface area (Å²) in [6, 6.07) is 10.5. The fourth-order valence-electron chi connectivity index (χ4n) is 0.906. The van der Waals surface area contributed by atoms with Gasteiger partial charge in [0.05, 0.1) is 5.16 Å². The summed E-state index contributed by atoms with van der Waals surface area (Å²) in [7, 11) is 0. The summed E-state index contributed by atoms with van der Waals surface area (Å²) in [6.07, 6.45) is 0. The van der Waals surface area contributed by atoms with E-state index in [4.69, 9.17) is 5.41 Å². The summed E-state index contributed by atoms with van der Waals surface area (Å²) in [5.74, 6) is 0. The molecule has 0 fully saturated rings. The number of thiocarbonyl (C=S) groups is 1. The second-order valence-electron chi connectivity index (χ2n) is 2.06. The van der Waals surface area contributed by atoms with Gasteiger partial charge in [-0.25, -0.2) is 5.41 Å². The molecule has 60 valence electrons. The maximum atomic E-state index is 5.77. The van der Waals surface area contributed by atoms with Crippen molar-refractivity contribution in [3.63, 3.8) is 0 Å². The van der Waals surface area contributed by atoms with E-state index in [1.165, 1.54) is 10.1 Å². The van der Waals surface area contributed by atoms with Gasteiger partial charge in [0.2, 0.25) is 0 Å². The molecule has 0 amide bonds.